The van der Waals surface area contributed by atoms with Crippen molar-refractivity contribution >= 4 is 45.5 Å². The van der Waals surface area contributed by atoms with Gasteiger partial charge >= 0.3 is 0 Å². The van der Waals surface area contributed by atoms with Crippen molar-refractivity contribution in [2.45, 2.75) is 38.2 Å². The molecule has 48 heavy (non-hydrogen) atoms. The van der Waals surface area contributed by atoms with Crippen molar-refractivity contribution in [2.24, 2.45) is 0 Å². The Balaban J connectivity index is 1.13. The van der Waals surface area contributed by atoms with Crippen molar-refractivity contribution in [3.05, 3.63) is 172 Å². The summed E-state index contributed by atoms with van der Waals surface area (Å²) in [7, 11) is 0. The third-order valence-corrected chi connectivity index (χ3v) is 8.76. The minimum absolute atomic E-state index is 0.0631. The molecule has 0 radical (unpaired) electrons. The number of rotatable bonds is 10. The number of carbonyl (C=O) groups excluding carboxylic acids is 2. The molecule has 6 aromatic rings. The van der Waals surface area contributed by atoms with Crippen LogP contribution in [0.15, 0.2) is 133 Å². The summed E-state index contributed by atoms with van der Waals surface area (Å²) in [5.41, 5.74) is 3.59. The van der Waals surface area contributed by atoms with Crippen molar-refractivity contribution in [3.8, 4) is 17.2 Å². The Morgan fingerprint density at radius 3 is 1.44 bits per heavy atom. The standard InChI is InChI=1S/C42H34Cl2O4/c1-41(2,44)33-15-5-28(6-16-33)40(46)31-13-21-36(22-14-31)47-37-23-11-27-12-24-38(26-32(27)25-37)48-42(3,4)34-17-7-29(8-18-34)39(45)30-9-19-35(43)20-10-30/h5-26H,1-4H3. The average Bonchev–Trinajstić information content (AvgIpc) is 3.08. The first-order valence-corrected chi connectivity index (χ1v) is 16.4. The van der Waals surface area contributed by atoms with Crippen LogP contribution < -0.4 is 9.47 Å². The molecule has 0 N–H and O–H groups in total. The second-order valence-electron chi connectivity index (χ2n) is 12.7. The van der Waals surface area contributed by atoms with Crippen LogP contribution in [0.3, 0.4) is 0 Å². The SMILES string of the molecule is CC(C)(Cl)c1ccc(C(=O)c2ccc(Oc3ccc4ccc(OC(C)(C)c5ccc(C(=O)c6ccc(Cl)cc6)cc5)cc4c3)cc2)cc1. The Kier molecular flexibility index (Phi) is 9.15. The van der Waals surface area contributed by atoms with E-state index in [0.29, 0.717) is 44.5 Å². The number of halogens is 2. The Hall–Kier alpha value is -4.90. The summed E-state index contributed by atoms with van der Waals surface area (Å²) in [5.74, 6) is 1.86. The van der Waals surface area contributed by atoms with Crippen LogP contribution in [0.4, 0.5) is 0 Å². The van der Waals surface area contributed by atoms with E-state index < -0.39 is 10.5 Å². The number of alkyl halides is 1. The molecule has 6 heteroatoms. The molecule has 6 rings (SSSR count). The van der Waals surface area contributed by atoms with Gasteiger partial charge in [-0.1, -0.05) is 72.3 Å². The average molecular weight is 674 g/mol. The predicted molar refractivity (Wildman–Crippen MR) is 194 cm³/mol. The molecule has 0 heterocycles. The lowest BCUT2D eigenvalue weighted by atomic mass is 9.94. The van der Waals surface area contributed by atoms with Crippen LogP contribution in [0.25, 0.3) is 10.8 Å². The normalized spacial score (nSPS) is 11.7. The highest BCUT2D eigenvalue weighted by Gasteiger charge is 2.24. The molecule has 0 saturated carbocycles. The first-order chi connectivity index (χ1) is 22.9. The van der Waals surface area contributed by atoms with Gasteiger partial charge in [-0.3, -0.25) is 9.59 Å². The molecule has 0 aliphatic carbocycles. The molecule has 4 nitrogen and oxygen atoms in total. The maximum atomic E-state index is 13.0. The minimum Gasteiger partial charge on any atom is -0.483 e. The monoisotopic (exact) mass is 672 g/mol. The van der Waals surface area contributed by atoms with E-state index in [1.54, 1.807) is 48.5 Å². The lowest BCUT2D eigenvalue weighted by molar-refractivity contribution is 0.102. The van der Waals surface area contributed by atoms with E-state index in [9.17, 15) is 9.59 Å². The number of hydrogen-bond acceptors (Lipinski definition) is 4. The second-order valence-corrected chi connectivity index (χ2v) is 14.1. The third kappa shape index (κ3) is 7.46. The summed E-state index contributed by atoms with van der Waals surface area (Å²) < 4.78 is 12.6. The lowest BCUT2D eigenvalue weighted by Gasteiger charge is -2.27. The van der Waals surface area contributed by atoms with Crippen LogP contribution in [-0.4, -0.2) is 11.6 Å². The van der Waals surface area contributed by atoms with Crippen molar-refractivity contribution < 1.29 is 19.1 Å². The van der Waals surface area contributed by atoms with Crippen LogP contribution in [0, 0.1) is 0 Å². The molecular weight excluding hydrogens is 639 g/mol. The van der Waals surface area contributed by atoms with Gasteiger partial charge in [0.05, 0.1) is 4.87 Å². The van der Waals surface area contributed by atoms with Gasteiger partial charge in [0.15, 0.2) is 11.6 Å². The summed E-state index contributed by atoms with van der Waals surface area (Å²) in [6.07, 6.45) is 0. The molecule has 0 fully saturated rings. The summed E-state index contributed by atoms with van der Waals surface area (Å²) in [6.45, 7) is 7.84. The van der Waals surface area contributed by atoms with Gasteiger partial charge in [-0.05, 0) is 122 Å². The Morgan fingerprint density at radius 1 is 0.500 bits per heavy atom. The number of hydrogen-bond donors (Lipinski definition) is 0. The topological polar surface area (TPSA) is 52.6 Å². The highest BCUT2D eigenvalue weighted by Crippen LogP contribution is 2.33. The van der Waals surface area contributed by atoms with Gasteiger partial charge in [0, 0.05) is 27.3 Å². The molecule has 0 unspecified atom stereocenters. The zero-order valence-electron chi connectivity index (χ0n) is 27.1. The van der Waals surface area contributed by atoms with Crippen LogP contribution >= 0.6 is 23.2 Å². The molecule has 0 atom stereocenters. The number of fused-ring (bicyclic) bond motifs is 1. The summed E-state index contributed by atoms with van der Waals surface area (Å²) >= 11 is 12.4. The van der Waals surface area contributed by atoms with Gasteiger partial charge in [0.1, 0.15) is 22.8 Å². The largest absolute Gasteiger partial charge is 0.483 e. The fourth-order valence-electron chi connectivity index (χ4n) is 5.47. The Bertz CT molecular complexity index is 2090. The highest BCUT2D eigenvalue weighted by atomic mass is 35.5. The van der Waals surface area contributed by atoms with Crippen LogP contribution in [-0.2, 0) is 10.5 Å². The van der Waals surface area contributed by atoms with E-state index >= 15 is 0 Å². The van der Waals surface area contributed by atoms with E-state index in [1.165, 1.54) is 0 Å². The van der Waals surface area contributed by atoms with Crippen LogP contribution in [0.1, 0.15) is 70.7 Å². The Labute approximate surface area is 290 Å². The maximum absolute atomic E-state index is 13.0. The smallest absolute Gasteiger partial charge is 0.193 e. The number of benzene rings is 6. The second kappa shape index (κ2) is 13.3. The third-order valence-electron chi connectivity index (χ3n) is 8.29. The van der Waals surface area contributed by atoms with E-state index in [4.69, 9.17) is 32.7 Å². The van der Waals surface area contributed by atoms with Crippen LogP contribution in [0.2, 0.25) is 5.02 Å². The zero-order chi connectivity index (χ0) is 34.1. The fourth-order valence-corrected chi connectivity index (χ4v) is 5.72. The van der Waals surface area contributed by atoms with E-state index in [1.807, 2.05) is 113 Å². The summed E-state index contributed by atoms with van der Waals surface area (Å²) in [5, 5.41) is 2.59. The van der Waals surface area contributed by atoms with Crippen molar-refractivity contribution in [2.75, 3.05) is 0 Å². The summed E-state index contributed by atoms with van der Waals surface area (Å²) in [6, 6.07) is 40.7. The van der Waals surface area contributed by atoms with Gasteiger partial charge in [0.25, 0.3) is 0 Å². The van der Waals surface area contributed by atoms with Gasteiger partial charge in [0.2, 0.25) is 0 Å². The zero-order valence-corrected chi connectivity index (χ0v) is 28.6. The van der Waals surface area contributed by atoms with Crippen molar-refractivity contribution in [1.29, 1.82) is 0 Å². The molecular formula is C42H34Cl2O4. The van der Waals surface area contributed by atoms with Crippen LogP contribution in [0.5, 0.6) is 17.2 Å². The lowest BCUT2D eigenvalue weighted by Crippen LogP contribution is -2.25. The summed E-state index contributed by atoms with van der Waals surface area (Å²) in [4.78, 5) is 25.5. The quantitative estimate of drug-likeness (QED) is 0.107. The first kappa shape index (κ1) is 33.0. The van der Waals surface area contributed by atoms with Gasteiger partial charge < -0.3 is 9.47 Å². The highest BCUT2D eigenvalue weighted by molar-refractivity contribution is 6.30. The fraction of sp³-hybridized carbons (Fsp3) is 0.143. The van der Waals surface area contributed by atoms with E-state index in [-0.39, 0.29) is 11.6 Å². The van der Waals surface area contributed by atoms with Gasteiger partial charge in [-0.15, -0.1) is 11.6 Å². The van der Waals surface area contributed by atoms with Crippen molar-refractivity contribution in [3.63, 3.8) is 0 Å². The molecule has 0 aliphatic rings. The molecule has 240 valence electrons. The molecule has 0 amide bonds. The number of ether oxygens (including phenoxy) is 2. The number of carbonyl (C=O) groups is 2. The predicted octanol–water partition coefficient (Wildman–Crippen LogP) is 11.5. The Morgan fingerprint density at radius 2 is 0.917 bits per heavy atom. The molecule has 0 saturated heterocycles. The van der Waals surface area contributed by atoms with Gasteiger partial charge in [-0.2, -0.15) is 0 Å². The molecule has 0 aliphatic heterocycles. The minimum atomic E-state index is -0.661. The molecule has 6 aromatic carbocycles. The molecule has 0 bridgehead atoms. The maximum Gasteiger partial charge on any atom is 0.193 e. The van der Waals surface area contributed by atoms with E-state index in [2.05, 4.69) is 0 Å². The first-order valence-electron chi connectivity index (χ1n) is 15.6. The molecule has 0 aromatic heterocycles. The number of ketones is 2. The molecule has 0 spiro atoms. The van der Waals surface area contributed by atoms with Gasteiger partial charge in [-0.25, -0.2) is 0 Å². The van der Waals surface area contributed by atoms with Crippen molar-refractivity contribution in [1.82, 2.24) is 0 Å². The van der Waals surface area contributed by atoms with E-state index in [0.717, 1.165) is 21.9 Å².